The van der Waals surface area contributed by atoms with E-state index in [1.165, 1.54) is 7.11 Å². The van der Waals surface area contributed by atoms with Crippen LogP contribution in [0.25, 0.3) is 0 Å². The number of hydrogen-bond acceptors (Lipinski definition) is 5. The molecule has 1 fully saturated rings. The molecule has 0 atom stereocenters. The minimum atomic E-state index is -0.500. The lowest BCUT2D eigenvalue weighted by Gasteiger charge is -2.35. The van der Waals surface area contributed by atoms with Crippen LogP contribution in [0.2, 0.25) is 0 Å². The summed E-state index contributed by atoms with van der Waals surface area (Å²) in [6.45, 7) is 7.41. The lowest BCUT2D eigenvalue weighted by molar-refractivity contribution is -0.139. The topological polar surface area (TPSA) is 49.9 Å². The fourth-order valence-electron chi connectivity index (χ4n) is 2.49. The Balaban J connectivity index is 1.96. The number of benzene rings is 1. The zero-order chi connectivity index (χ0) is 15.2. The second kappa shape index (κ2) is 7.22. The Morgan fingerprint density at radius 3 is 2.24 bits per heavy atom. The number of methoxy groups -OCH3 is 1. The highest BCUT2D eigenvalue weighted by Gasteiger charge is 2.17. The largest absolute Gasteiger partial charge is 0.469 e. The van der Waals surface area contributed by atoms with Crippen molar-refractivity contribution in [2.75, 3.05) is 44.7 Å². The minimum Gasteiger partial charge on any atom is -0.469 e. The molecule has 1 aromatic carbocycles. The van der Waals surface area contributed by atoms with Crippen molar-refractivity contribution in [3.05, 3.63) is 29.8 Å². The van der Waals surface area contributed by atoms with Gasteiger partial charge in [0.2, 0.25) is 0 Å². The summed E-state index contributed by atoms with van der Waals surface area (Å²) in [5, 5.41) is 0. The van der Waals surface area contributed by atoms with Gasteiger partial charge in [-0.3, -0.25) is 9.59 Å². The number of piperazine rings is 1. The van der Waals surface area contributed by atoms with Gasteiger partial charge in [-0.05, 0) is 30.8 Å². The number of carbonyl (C=O) groups excluding carboxylic acids is 2. The molecule has 1 aromatic rings. The number of anilines is 1. The van der Waals surface area contributed by atoms with Crippen LogP contribution in [0.15, 0.2) is 24.3 Å². The molecule has 114 valence electrons. The first-order chi connectivity index (χ1) is 10.1. The Morgan fingerprint density at radius 1 is 1.10 bits per heavy atom. The third-order valence-corrected chi connectivity index (χ3v) is 3.91. The number of likely N-dealkylation sites (N-methyl/N-ethyl adjacent to an activating group) is 1. The fourth-order valence-corrected chi connectivity index (χ4v) is 2.49. The predicted octanol–water partition coefficient (Wildman–Crippen LogP) is 1.57. The Morgan fingerprint density at radius 2 is 1.71 bits per heavy atom. The van der Waals surface area contributed by atoms with Crippen molar-refractivity contribution in [1.82, 2.24) is 4.90 Å². The fraction of sp³-hybridized carbons (Fsp3) is 0.500. The van der Waals surface area contributed by atoms with Gasteiger partial charge in [0.25, 0.3) is 0 Å². The summed E-state index contributed by atoms with van der Waals surface area (Å²) in [5.74, 6) is -0.705. The quantitative estimate of drug-likeness (QED) is 0.468. The molecule has 0 unspecified atom stereocenters. The van der Waals surface area contributed by atoms with Crippen LogP contribution in [-0.2, 0) is 9.53 Å². The van der Waals surface area contributed by atoms with Gasteiger partial charge in [-0.2, -0.15) is 0 Å². The molecule has 21 heavy (non-hydrogen) atoms. The van der Waals surface area contributed by atoms with Gasteiger partial charge in [0.1, 0.15) is 6.42 Å². The zero-order valence-corrected chi connectivity index (χ0v) is 12.7. The molecule has 0 saturated carbocycles. The van der Waals surface area contributed by atoms with Gasteiger partial charge in [-0.25, -0.2) is 0 Å². The van der Waals surface area contributed by atoms with E-state index in [0.29, 0.717) is 5.56 Å². The average Bonchev–Trinajstić information content (AvgIpc) is 2.55. The molecule has 0 aliphatic carbocycles. The molecule has 0 aromatic heterocycles. The second-order valence-electron chi connectivity index (χ2n) is 5.14. The Bertz CT molecular complexity index is 491. The molecule has 1 saturated heterocycles. The Kier molecular flexibility index (Phi) is 5.33. The van der Waals surface area contributed by atoms with Crippen LogP contribution in [0.1, 0.15) is 23.7 Å². The van der Waals surface area contributed by atoms with Crippen LogP contribution in [0.4, 0.5) is 5.69 Å². The van der Waals surface area contributed by atoms with Crippen molar-refractivity contribution < 1.29 is 14.3 Å². The molecule has 0 spiro atoms. The number of hydrogen-bond donors (Lipinski definition) is 0. The molecular formula is C16H22N2O3. The van der Waals surface area contributed by atoms with E-state index in [2.05, 4.69) is 21.5 Å². The summed E-state index contributed by atoms with van der Waals surface area (Å²) in [5.41, 5.74) is 1.68. The summed E-state index contributed by atoms with van der Waals surface area (Å²) in [7, 11) is 1.29. The highest BCUT2D eigenvalue weighted by molar-refractivity contribution is 6.06. The summed E-state index contributed by atoms with van der Waals surface area (Å²) in [6, 6.07) is 7.47. The second-order valence-corrected chi connectivity index (χ2v) is 5.14. The number of rotatable bonds is 5. The van der Waals surface area contributed by atoms with E-state index in [0.717, 1.165) is 38.4 Å². The van der Waals surface area contributed by atoms with E-state index in [4.69, 9.17) is 0 Å². The maximum atomic E-state index is 11.9. The van der Waals surface area contributed by atoms with Gasteiger partial charge in [0.15, 0.2) is 5.78 Å². The van der Waals surface area contributed by atoms with Crippen LogP contribution in [0.3, 0.4) is 0 Å². The summed E-state index contributed by atoms with van der Waals surface area (Å²) >= 11 is 0. The minimum absolute atomic E-state index is 0.203. The van der Waals surface area contributed by atoms with Crippen LogP contribution in [0.5, 0.6) is 0 Å². The van der Waals surface area contributed by atoms with E-state index < -0.39 is 5.97 Å². The maximum Gasteiger partial charge on any atom is 0.313 e. The maximum absolute atomic E-state index is 11.9. The molecule has 5 nitrogen and oxygen atoms in total. The third kappa shape index (κ3) is 4.04. The molecule has 0 bridgehead atoms. The average molecular weight is 290 g/mol. The molecule has 1 heterocycles. The number of ketones is 1. The number of carbonyl (C=O) groups is 2. The van der Waals surface area contributed by atoms with E-state index in [-0.39, 0.29) is 12.2 Å². The van der Waals surface area contributed by atoms with Crippen LogP contribution in [0, 0.1) is 0 Å². The van der Waals surface area contributed by atoms with E-state index >= 15 is 0 Å². The van der Waals surface area contributed by atoms with Crippen molar-refractivity contribution in [3.8, 4) is 0 Å². The summed E-state index contributed by atoms with van der Waals surface area (Å²) in [6.07, 6.45) is -0.203. The van der Waals surface area contributed by atoms with Gasteiger partial charge in [-0.15, -0.1) is 0 Å². The first-order valence-corrected chi connectivity index (χ1v) is 7.31. The smallest absolute Gasteiger partial charge is 0.313 e. The molecule has 1 aliphatic rings. The van der Waals surface area contributed by atoms with Crippen molar-refractivity contribution in [1.29, 1.82) is 0 Å². The first-order valence-electron chi connectivity index (χ1n) is 7.31. The Labute approximate surface area is 125 Å². The number of esters is 1. The predicted molar refractivity (Wildman–Crippen MR) is 81.7 cm³/mol. The van der Waals surface area contributed by atoms with Crippen LogP contribution >= 0.6 is 0 Å². The molecular weight excluding hydrogens is 268 g/mol. The van der Waals surface area contributed by atoms with Gasteiger partial charge in [0, 0.05) is 37.4 Å². The van der Waals surface area contributed by atoms with Crippen molar-refractivity contribution in [2.24, 2.45) is 0 Å². The normalized spacial score (nSPS) is 15.8. The van der Waals surface area contributed by atoms with Gasteiger partial charge in [-0.1, -0.05) is 6.92 Å². The molecule has 0 amide bonds. The molecule has 2 rings (SSSR count). The zero-order valence-electron chi connectivity index (χ0n) is 12.7. The van der Waals surface area contributed by atoms with E-state index in [1.54, 1.807) is 12.1 Å². The molecule has 1 aliphatic heterocycles. The highest BCUT2D eigenvalue weighted by atomic mass is 16.5. The van der Waals surface area contributed by atoms with E-state index in [1.807, 2.05) is 12.1 Å². The molecule has 5 heteroatoms. The summed E-state index contributed by atoms with van der Waals surface area (Å²) in [4.78, 5) is 27.7. The van der Waals surface area contributed by atoms with Gasteiger partial charge < -0.3 is 14.5 Å². The van der Waals surface area contributed by atoms with Crippen molar-refractivity contribution in [3.63, 3.8) is 0 Å². The number of ether oxygens (including phenoxy) is 1. The lowest BCUT2D eigenvalue weighted by Crippen LogP contribution is -2.46. The number of nitrogens with zero attached hydrogens (tertiary/aromatic N) is 2. The van der Waals surface area contributed by atoms with Crippen molar-refractivity contribution >= 4 is 17.4 Å². The van der Waals surface area contributed by atoms with Gasteiger partial charge in [0.05, 0.1) is 7.11 Å². The standard InChI is InChI=1S/C16H22N2O3/c1-3-17-8-10-18(11-9-17)14-6-4-13(5-7-14)15(19)12-16(20)21-2/h4-7H,3,8-12H2,1-2H3. The summed E-state index contributed by atoms with van der Waals surface area (Å²) < 4.78 is 4.51. The molecule has 0 radical (unpaired) electrons. The van der Waals surface area contributed by atoms with Crippen LogP contribution in [-0.4, -0.2) is 56.5 Å². The molecule has 0 N–H and O–H groups in total. The van der Waals surface area contributed by atoms with E-state index in [9.17, 15) is 9.59 Å². The first kappa shape index (κ1) is 15.5. The third-order valence-electron chi connectivity index (χ3n) is 3.91. The lowest BCUT2D eigenvalue weighted by atomic mass is 10.1. The highest BCUT2D eigenvalue weighted by Crippen LogP contribution is 2.18. The Hall–Kier alpha value is -1.88. The van der Waals surface area contributed by atoms with Gasteiger partial charge >= 0.3 is 5.97 Å². The SMILES string of the molecule is CCN1CCN(c2ccc(C(=O)CC(=O)OC)cc2)CC1. The van der Waals surface area contributed by atoms with Crippen molar-refractivity contribution in [2.45, 2.75) is 13.3 Å². The van der Waals surface area contributed by atoms with Crippen LogP contribution < -0.4 is 4.90 Å². The number of Topliss-reactive ketones (excluding diaryl/α,β-unsaturated/α-hetero) is 1. The monoisotopic (exact) mass is 290 g/mol.